The van der Waals surface area contributed by atoms with Gasteiger partial charge in [-0.15, -0.1) is 0 Å². The van der Waals surface area contributed by atoms with E-state index in [0.29, 0.717) is 6.61 Å². The monoisotopic (exact) mass is 382 g/mol. The van der Waals surface area contributed by atoms with Crippen LogP contribution < -0.4 is 9.46 Å². The van der Waals surface area contributed by atoms with Crippen LogP contribution in [0.25, 0.3) is 11.1 Å². The Labute approximate surface area is 157 Å². The summed E-state index contributed by atoms with van der Waals surface area (Å²) in [5.41, 5.74) is 3.14. The first-order valence-electron chi connectivity index (χ1n) is 8.15. The first-order valence-corrected chi connectivity index (χ1v) is 10.0. The van der Waals surface area contributed by atoms with Crippen LogP contribution in [-0.4, -0.2) is 25.6 Å². The van der Waals surface area contributed by atoms with Gasteiger partial charge in [0.2, 0.25) is 10.0 Å². The quantitative estimate of drug-likeness (QED) is 0.708. The Balaban J connectivity index is 1.65. The highest BCUT2D eigenvalue weighted by Crippen LogP contribution is 2.23. The van der Waals surface area contributed by atoms with Gasteiger partial charge in [0.1, 0.15) is 12.4 Å². The summed E-state index contributed by atoms with van der Waals surface area (Å²) >= 11 is 0. The summed E-state index contributed by atoms with van der Waals surface area (Å²) in [6, 6.07) is 18.1. The number of ether oxygens (including phenoxy) is 1. The highest BCUT2D eigenvalue weighted by molar-refractivity contribution is 7.89. The summed E-state index contributed by atoms with van der Waals surface area (Å²) in [6.45, 7) is 0.324. The molecule has 1 aromatic heterocycles. The SMILES string of the molecule is CS(=O)(=O)NC(=O)c1ccc(COc2cccc(-c3cccnc3)c2)cc1. The molecule has 0 aliphatic heterocycles. The van der Waals surface area contributed by atoms with E-state index in [-0.39, 0.29) is 5.56 Å². The van der Waals surface area contributed by atoms with E-state index in [4.69, 9.17) is 4.74 Å². The van der Waals surface area contributed by atoms with Gasteiger partial charge in [-0.05, 0) is 41.5 Å². The second-order valence-corrected chi connectivity index (χ2v) is 7.71. The van der Waals surface area contributed by atoms with Gasteiger partial charge < -0.3 is 4.74 Å². The molecule has 0 spiro atoms. The Morgan fingerprint density at radius 1 is 1.04 bits per heavy atom. The number of carbonyl (C=O) groups is 1. The zero-order valence-corrected chi connectivity index (χ0v) is 15.4. The van der Waals surface area contributed by atoms with E-state index < -0.39 is 15.9 Å². The maximum atomic E-state index is 11.8. The largest absolute Gasteiger partial charge is 0.489 e. The van der Waals surface area contributed by atoms with E-state index in [1.54, 1.807) is 36.7 Å². The van der Waals surface area contributed by atoms with Gasteiger partial charge in [-0.3, -0.25) is 9.78 Å². The van der Waals surface area contributed by atoms with Crippen LogP contribution >= 0.6 is 0 Å². The molecule has 1 N–H and O–H groups in total. The molecular formula is C20H18N2O4S. The molecule has 0 fully saturated rings. The zero-order chi connectivity index (χ0) is 19.3. The molecule has 1 heterocycles. The molecular weight excluding hydrogens is 364 g/mol. The Hall–Kier alpha value is -3.19. The number of hydrogen-bond acceptors (Lipinski definition) is 5. The van der Waals surface area contributed by atoms with Gasteiger partial charge >= 0.3 is 0 Å². The number of sulfonamides is 1. The summed E-state index contributed by atoms with van der Waals surface area (Å²) in [6.07, 6.45) is 4.45. The lowest BCUT2D eigenvalue weighted by molar-refractivity contribution is 0.0981. The third-order valence-corrected chi connectivity index (χ3v) is 4.28. The number of rotatable bonds is 6. The van der Waals surface area contributed by atoms with Crippen LogP contribution in [0.2, 0.25) is 0 Å². The molecule has 2 aromatic carbocycles. The number of nitrogens with zero attached hydrogens (tertiary/aromatic N) is 1. The lowest BCUT2D eigenvalue weighted by atomic mass is 10.1. The lowest BCUT2D eigenvalue weighted by Gasteiger charge is -2.09. The van der Waals surface area contributed by atoms with Crippen molar-refractivity contribution in [3.05, 3.63) is 84.2 Å². The predicted octanol–water partition coefficient (Wildman–Crippen LogP) is 3.02. The van der Waals surface area contributed by atoms with Crippen LogP contribution in [-0.2, 0) is 16.6 Å². The fourth-order valence-corrected chi connectivity index (χ4v) is 2.90. The number of hydrogen-bond donors (Lipinski definition) is 1. The Morgan fingerprint density at radius 2 is 1.78 bits per heavy atom. The van der Waals surface area contributed by atoms with Crippen molar-refractivity contribution in [3.63, 3.8) is 0 Å². The molecule has 138 valence electrons. The fourth-order valence-electron chi connectivity index (χ4n) is 2.45. The van der Waals surface area contributed by atoms with Gasteiger partial charge in [0.25, 0.3) is 5.91 Å². The summed E-state index contributed by atoms with van der Waals surface area (Å²) < 4.78 is 30.0. The van der Waals surface area contributed by atoms with Crippen molar-refractivity contribution in [2.45, 2.75) is 6.61 Å². The maximum absolute atomic E-state index is 11.8. The summed E-state index contributed by atoms with van der Waals surface area (Å²) in [5.74, 6) is 0.0596. The molecule has 1 amide bonds. The zero-order valence-electron chi connectivity index (χ0n) is 14.6. The van der Waals surface area contributed by atoms with E-state index in [1.165, 1.54) is 0 Å². The lowest BCUT2D eigenvalue weighted by Crippen LogP contribution is -2.29. The van der Waals surface area contributed by atoms with Crippen LogP contribution in [0.4, 0.5) is 0 Å². The number of benzene rings is 2. The smallest absolute Gasteiger partial charge is 0.264 e. The minimum Gasteiger partial charge on any atom is -0.489 e. The molecule has 6 nitrogen and oxygen atoms in total. The van der Waals surface area contributed by atoms with Gasteiger partial charge in [0, 0.05) is 23.5 Å². The van der Waals surface area contributed by atoms with Crippen LogP contribution in [0.1, 0.15) is 15.9 Å². The van der Waals surface area contributed by atoms with Gasteiger partial charge in [0.05, 0.1) is 6.26 Å². The topological polar surface area (TPSA) is 85.4 Å². The molecule has 0 bridgehead atoms. The van der Waals surface area contributed by atoms with Gasteiger partial charge in [0.15, 0.2) is 0 Å². The van der Waals surface area contributed by atoms with Crippen LogP contribution in [0, 0.1) is 0 Å². The van der Waals surface area contributed by atoms with E-state index in [9.17, 15) is 13.2 Å². The van der Waals surface area contributed by atoms with Crippen molar-refractivity contribution < 1.29 is 17.9 Å². The number of nitrogens with one attached hydrogen (secondary N) is 1. The third kappa shape index (κ3) is 5.39. The van der Waals surface area contributed by atoms with Crippen LogP contribution in [0.15, 0.2) is 73.1 Å². The first-order chi connectivity index (χ1) is 12.9. The highest BCUT2D eigenvalue weighted by Gasteiger charge is 2.10. The molecule has 0 unspecified atom stereocenters. The normalized spacial score (nSPS) is 11.0. The minimum absolute atomic E-state index is 0.266. The van der Waals surface area contributed by atoms with Crippen molar-refractivity contribution >= 4 is 15.9 Å². The van der Waals surface area contributed by atoms with Crippen LogP contribution in [0.5, 0.6) is 5.75 Å². The van der Waals surface area contributed by atoms with Crippen molar-refractivity contribution in [1.29, 1.82) is 0 Å². The molecule has 0 saturated carbocycles. The summed E-state index contributed by atoms with van der Waals surface area (Å²) in [5, 5.41) is 0. The second-order valence-electron chi connectivity index (χ2n) is 5.96. The van der Waals surface area contributed by atoms with Crippen molar-refractivity contribution in [2.24, 2.45) is 0 Å². The molecule has 0 aliphatic rings. The summed E-state index contributed by atoms with van der Waals surface area (Å²) in [4.78, 5) is 15.9. The first kappa shape index (κ1) is 18.6. The highest BCUT2D eigenvalue weighted by atomic mass is 32.2. The molecule has 3 rings (SSSR count). The molecule has 0 radical (unpaired) electrons. The molecule has 0 aliphatic carbocycles. The fraction of sp³-hybridized carbons (Fsp3) is 0.100. The Kier molecular flexibility index (Phi) is 5.52. The standard InChI is InChI=1S/C20H18N2O4S/c1-27(24,25)22-20(23)16-9-7-15(8-10-16)14-26-19-6-2-4-17(12-19)18-5-3-11-21-13-18/h2-13H,14H2,1H3,(H,22,23). The molecule has 27 heavy (non-hydrogen) atoms. The average Bonchev–Trinajstić information content (AvgIpc) is 2.66. The number of amides is 1. The number of carbonyl (C=O) groups excluding carboxylic acids is 1. The van der Waals surface area contributed by atoms with E-state index in [1.807, 2.05) is 41.1 Å². The molecule has 7 heteroatoms. The molecule has 0 atom stereocenters. The van der Waals surface area contributed by atoms with Crippen molar-refractivity contribution in [3.8, 4) is 16.9 Å². The van der Waals surface area contributed by atoms with Crippen LogP contribution in [0.3, 0.4) is 0 Å². The third-order valence-electron chi connectivity index (χ3n) is 3.73. The maximum Gasteiger partial charge on any atom is 0.264 e. The predicted molar refractivity (Wildman–Crippen MR) is 103 cm³/mol. The van der Waals surface area contributed by atoms with E-state index in [2.05, 4.69) is 4.98 Å². The van der Waals surface area contributed by atoms with Crippen molar-refractivity contribution in [1.82, 2.24) is 9.71 Å². The van der Waals surface area contributed by atoms with Crippen molar-refractivity contribution in [2.75, 3.05) is 6.26 Å². The Morgan fingerprint density at radius 3 is 2.44 bits per heavy atom. The minimum atomic E-state index is -3.58. The van der Waals surface area contributed by atoms with E-state index in [0.717, 1.165) is 28.7 Å². The average molecular weight is 382 g/mol. The Bertz CT molecular complexity index is 1030. The van der Waals surface area contributed by atoms with Gasteiger partial charge in [-0.2, -0.15) is 0 Å². The number of aromatic nitrogens is 1. The van der Waals surface area contributed by atoms with Gasteiger partial charge in [-0.1, -0.05) is 30.3 Å². The summed E-state index contributed by atoms with van der Waals surface area (Å²) in [7, 11) is -3.58. The number of pyridine rings is 1. The van der Waals surface area contributed by atoms with Gasteiger partial charge in [-0.25, -0.2) is 13.1 Å². The second kappa shape index (κ2) is 8.01. The molecule has 3 aromatic rings. The molecule has 0 saturated heterocycles. The van der Waals surface area contributed by atoms with E-state index >= 15 is 0 Å².